The van der Waals surface area contributed by atoms with Crippen LogP contribution in [0.3, 0.4) is 0 Å². The van der Waals surface area contributed by atoms with Gasteiger partial charge >= 0.3 is 0 Å². The van der Waals surface area contributed by atoms with E-state index in [1.807, 2.05) is 18.5 Å². The number of hydrogen-bond acceptors (Lipinski definition) is 4. The van der Waals surface area contributed by atoms with E-state index in [-0.39, 0.29) is 5.91 Å². The lowest BCUT2D eigenvalue weighted by Crippen LogP contribution is -2.31. The zero-order valence-electron chi connectivity index (χ0n) is 12.5. The van der Waals surface area contributed by atoms with E-state index in [2.05, 4.69) is 5.10 Å². The Morgan fingerprint density at radius 3 is 2.85 bits per heavy atom. The molecular weight excluding hydrogens is 258 g/mol. The minimum atomic E-state index is -0.00656. The Labute approximate surface area is 119 Å². The predicted molar refractivity (Wildman–Crippen MR) is 74.7 cm³/mol. The topological polar surface area (TPSA) is 56.6 Å². The lowest BCUT2D eigenvalue weighted by Gasteiger charge is -2.19. The van der Waals surface area contributed by atoms with Gasteiger partial charge in [-0.05, 0) is 13.8 Å². The van der Waals surface area contributed by atoms with E-state index in [0.29, 0.717) is 45.1 Å². The van der Waals surface area contributed by atoms with E-state index in [1.165, 1.54) is 0 Å². The molecule has 20 heavy (non-hydrogen) atoms. The molecule has 0 aromatic carbocycles. The SMILES string of the molecule is CCN(CC)C(=O)c1nn(CCOC)c2c1COCC2. The van der Waals surface area contributed by atoms with Gasteiger partial charge in [0.05, 0.1) is 26.4 Å². The molecule has 0 N–H and O–H groups in total. The van der Waals surface area contributed by atoms with Crippen LogP contribution < -0.4 is 0 Å². The molecule has 0 aliphatic carbocycles. The molecule has 1 aliphatic heterocycles. The minimum Gasteiger partial charge on any atom is -0.383 e. The van der Waals surface area contributed by atoms with Crippen LogP contribution in [0.5, 0.6) is 0 Å². The van der Waals surface area contributed by atoms with Crippen LogP contribution in [0, 0.1) is 0 Å². The van der Waals surface area contributed by atoms with Gasteiger partial charge in [0.25, 0.3) is 5.91 Å². The minimum absolute atomic E-state index is 0.00656. The Balaban J connectivity index is 2.32. The fraction of sp³-hybridized carbons (Fsp3) is 0.714. The van der Waals surface area contributed by atoms with Crippen molar-refractivity contribution in [3.8, 4) is 0 Å². The molecule has 1 aromatic rings. The van der Waals surface area contributed by atoms with Crippen LogP contribution in [0.1, 0.15) is 35.6 Å². The highest BCUT2D eigenvalue weighted by Crippen LogP contribution is 2.22. The van der Waals surface area contributed by atoms with Gasteiger partial charge in [-0.1, -0.05) is 0 Å². The number of ether oxygens (including phenoxy) is 2. The lowest BCUT2D eigenvalue weighted by molar-refractivity contribution is 0.0753. The largest absolute Gasteiger partial charge is 0.383 e. The Hall–Kier alpha value is -1.40. The van der Waals surface area contributed by atoms with Crippen molar-refractivity contribution in [3.05, 3.63) is 17.0 Å². The molecule has 0 fully saturated rings. The number of fused-ring (bicyclic) bond motifs is 1. The fourth-order valence-corrected chi connectivity index (χ4v) is 2.50. The van der Waals surface area contributed by atoms with Gasteiger partial charge in [0.2, 0.25) is 0 Å². The highest BCUT2D eigenvalue weighted by atomic mass is 16.5. The number of aromatic nitrogens is 2. The van der Waals surface area contributed by atoms with Gasteiger partial charge in [-0.15, -0.1) is 0 Å². The number of rotatable bonds is 6. The summed E-state index contributed by atoms with van der Waals surface area (Å²) in [4.78, 5) is 14.3. The van der Waals surface area contributed by atoms with Crippen LogP contribution >= 0.6 is 0 Å². The first-order valence-electron chi connectivity index (χ1n) is 7.17. The molecule has 112 valence electrons. The summed E-state index contributed by atoms with van der Waals surface area (Å²) in [7, 11) is 1.67. The normalized spacial score (nSPS) is 14.2. The highest BCUT2D eigenvalue weighted by molar-refractivity contribution is 5.94. The Bertz CT molecular complexity index is 466. The molecule has 2 rings (SSSR count). The second kappa shape index (κ2) is 6.85. The van der Waals surface area contributed by atoms with E-state index in [9.17, 15) is 4.79 Å². The molecule has 0 unspecified atom stereocenters. The third kappa shape index (κ3) is 2.86. The van der Waals surface area contributed by atoms with Crippen LogP contribution in [0.2, 0.25) is 0 Å². The monoisotopic (exact) mass is 281 g/mol. The van der Waals surface area contributed by atoms with Gasteiger partial charge in [-0.25, -0.2) is 0 Å². The molecule has 1 aliphatic rings. The maximum Gasteiger partial charge on any atom is 0.274 e. The summed E-state index contributed by atoms with van der Waals surface area (Å²) in [5, 5.41) is 4.51. The molecular formula is C14H23N3O3. The Morgan fingerprint density at radius 2 is 2.20 bits per heavy atom. The molecule has 1 amide bonds. The van der Waals surface area contributed by atoms with Crippen molar-refractivity contribution in [3.63, 3.8) is 0 Å². The maximum absolute atomic E-state index is 12.5. The fourth-order valence-electron chi connectivity index (χ4n) is 2.50. The van der Waals surface area contributed by atoms with Crippen molar-refractivity contribution in [2.75, 3.05) is 33.4 Å². The molecule has 2 heterocycles. The third-order valence-electron chi connectivity index (χ3n) is 3.66. The van der Waals surface area contributed by atoms with Crippen LogP contribution in [0.25, 0.3) is 0 Å². The van der Waals surface area contributed by atoms with E-state index in [1.54, 1.807) is 12.0 Å². The molecule has 1 aromatic heterocycles. The van der Waals surface area contributed by atoms with Crippen LogP contribution in [-0.4, -0.2) is 54.0 Å². The van der Waals surface area contributed by atoms with Gasteiger partial charge < -0.3 is 14.4 Å². The van der Waals surface area contributed by atoms with Crippen LogP contribution in [-0.2, 0) is 29.0 Å². The summed E-state index contributed by atoms with van der Waals surface area (Å²) in [5.74, 6) is -0.00656. The molecule has 0 radical (unpaired) electrons. The van der Waals surface area contributed by atoms with Gasteiger partial charge in [0, 0.05) is 37.9 Å². The van der Waals surface area contributed by atoms with Gasteiger partial charge in [0.15, 0.2) is 5.69 Å². The van der Waals surface area contributed by atoms with Gasteiger partial charge in [-0.3, -0.25) is 9.48 Å². The van der Waals surface area contributed by atoms with Crippen molar-refractivity contribution in [2.45, 2.75) is 33.4 Å². The number of carbonyl (C=O) groups excluding carboxylic acids is 1. The van der Waals surface area contributed by atoms with Gasteiger partial charge in [0.1, 0.15) is 0 Å². The van der Waals surface area contributed by atoms with Crippen molar-refractivity contribution in [1.82, 2.24) is 14.7 Å². The first-order valence-corrected chi connectivity index (χ1v) is 7.17. The Kier molecular flexibility index (Phi) is 5.14. The molecule has 0 saturated heterocycles. The van der Waals surface area contributed by atoms with Crippen molar-refractivity contribution in [2.24, 2.45) is 0 Å². The van der Waals surface area contributed by atoms with Crippen LogP contribution in [0.4, 0.5) is 0 Å². The summed E-state index contributed by atoms with van der Waals surface area (Å²) in [6.45, 7) is 7.76. The van der Waals surface area contributed by atoms with Gasteiger partial charge in [-0.2, -0.15) is 5.10 Å². The quantitative estimate of drug-likeness (QED) is 0.783. The highest BCUT2D eigenvalue weighted by Gasteiger charge is 2.27. The summed E-state index contributed by atoms with van der Waals surface area (Å²) >= 11 is 0. The van der Waals surface area contributed by atoms with E-state index >= 15 is 0 Å². The predicted octanol–water partition coefficient (Wildman–Crippen LogP) is 1.08. The number of nitrogens with zero attached hydrogens (tertiary/aromatic N) is 3. The molecule has 0 spiro atoms. The zero-order chi connectivity index (χ0) is 14.5. The first-order chi connectivity index (χ1) is 9.72. The summed E-state index contributed by atoms with van der Waals surface area (Å²) in [6, 6.07) is 0. The average molecular weight is 281 g/mol. The maximum atomic E-state index is 12.5. The smallest absolute Gasteiger partial charge is 0.274 e. The van der Waals surface area contributed by atoms with Crippen molar-refractivity contribution in [1.29, 1.82) is 0 Å². The summed E-state index contributed by atoms with van der Waals surface area (Å²) in [6.07, 6.45) is 0.803. The second-order valence-electron chi connectivity index (χ2n) is 4.77. The molecule has 0 saturated carbocycles. The standard InChI is InChI=1S/C14H23N3O3/c1-4-16(5-2)14(18)13-11-10-20-8-6-12(11)17(15-13)7-9-19-3/h4-10H2,1-3H3. The zero-order valence-corrected chi connectivity index (χ0v) is 12.5. The number of carbonyl (C=O) groups is 1. The second-order valence-corrected chi connectivity index (χ2v) is 4.77. The summed E-state index contributed by atoms with van der Waals surface area (Å²) in [5.41, 5.74) is 2.60. The lowest BCUT2D eigenvalue weighted by atomic mass is 10.1. The molecule has 0 atom stereocenters. The van der Waals surface area contributed by atoms with E-state index in [0.717, 1.165) is 17.7 Å². The molecule has 0 bridgehead atoms. The van der Waals surface area contributed by atoms with Crippen LogP contribution in [0.15, 0.2) is 0 Å². The van der Waals surface area contributed by atoms with Crippen molar-refractivity contribution < 1.29 is 14.3 Å². The first kappa shape index (κ1) is 15.0. The average Bonchev–Trinajstić information content (AvgIpc) is 2.85. The Morgan fingerprint density at radius 1 is 1.45 bits per heavy atom. The number of hydrogen-bond donors (Lipinski definition) is 0. The molecule has 6 heteroatoms. The van der Waals surface area contributed by atoms with E-state index in [4.69, 9.17) is 9.47 Å². The van der Waals surface area contributed by atoms with E-state index < -0.39 is 0 Å². The summed E-state index contributed by atoms with van der Waals surface area (Å²) < 4.78 is 12.5. The number of methoxy groups -OCH3 is 1. The van der Waals surface area contributed by atoms with Crippen molar-refractivity contribution >= 4 is 5.91 Å². The third-order valence-corrected chi connectivity index (χ3v) is 3.66. The number of amides is 1. The molecule has 6 nitrogen and oxygen atoms in total.